The summed E-state index contributed by atoms with van der Waals surface area (Å²) in [5.41, 5.74) is 0.132. The van der Waals surface area contributed by atoms with E-state index >= 15 is 0 Å². The van der Waals surface area contributed by atoms with Gasteiger partial charge in [-0.25, -0.2) is 0 Å². The molecule has 4 aliphatic rings. The van der Waals surface area contributed by atoms with E-state index in [0.717, 1.165) is 24.1 Å². The summed E-state index contributed by atoms with van der Waals surface area (Å²) < 4.78 is 11.0. The first-order valence-corrected chi connectivity index (χ1v) is 7.91. The number of methoxy groups -OCH3 is 1. The quantitative estimate of drug-likeness (QED) is 0.800. The van der Waals surface area contributed by atoms with E-state index in [0.29, 0.717) is 16.8 Å². The number of alkyl halides is 1. The van der Waals surface area contributed by atoms with Gasteiger partial charge in [-0.2, -0.15) is 4.98 Å². The number of halogens is 1. The van der Waals surface area contributed by atoms with Crippen LogP contribution in [0.1, 0.15) is 50.2 Å². The zero-order chi connectivity index (χ0) is 13.1. The van der Waals surface area contributed by atoms with Gasteiger partial charge in [-0.1, -0.05) is 21.1 Å². The SMILES string of the molecule is COCc1noc(C23CC4CC(CC(Br)(C4)C2)C3)n1. The molecule has 0 aromatic carbocycles. The molecular formula is C14H19BrN2O2. The summed E-state index contributed by atoms with van der Waals surface area (Å²) >= 11 is 4.01. The number of nitrogens with zero attached hydrogens (tertiary/aromatic N) is 2. The smallest absolute Gasteiger partial charge is 0.233 e. The summed E-state index contributed by atoms with van der Waals surface area (Å²) in [6, 6.07) is 0. The van der Waals surface area contributed by atoms with E-state index in [-0.39, 0.29) is 5.41 Å². The summed E-state index contributed by atoms with van der Waals surface area (Å²) in [6.45, 7) is 0.436. The molecule has 4 aliphatic carbocycles. The fraction of sp³-hybridized carbons (Fsp3) is 0.857. The molecule has 0 radical (unpaired) electrons. The Balaban J connectivity index is 1.69. The Kier molecular flexibility index (Phi) is 2.62. The van der Waals surface area contributed by atoms with Gasteiger partial charge >= 0.3 is 0 Å². The predicted molar refractivity (Wildman–Crippen MR) is 73.0 cm³/mol. The van der Waals surface area contributed by atoms with Gasteiger partial charge in [0, 0.05) is 11.4 Å². The van der Waals surface area contributed by atoms with E-state index in [9.17, 15) is 0 Å². The third-order valence-corrected chi connectivity index (χ3v) is 6.11. The molecule has 5 heteroatoms. The Morgan fingerprint density at radius 3 is 2.68 bits per heavy atom. The molecule has 0 aliphatic heterocycles. The van der Waals surface area contributed by atoms with Crippen LogP contribution in [-0.2, 0) is 16.8 Å². The highest BCUT2D eigenvalue weighted by Gasteiger charge is 2.59. The average molecular weight is 327 g/mol. The Bertz CT molecular complexity index is 487. The second-order valence-corrected chi connectivity index (χ2v) is 8.52. The molecule has 4 bridgehead atoms. The van der Waals surface area contributed by atoms with Gasteiger partial charge in [-0.3, -0.25) is 0 Å². The molecule has 1 aromatic rings. The Morgan fingerprint density at radius 1 is 1.32 bits per heavy atom. The molecule has 0 N–H and O–H groups in total. The van der Waals surface area contributed by atoms with Crippen LogP contribution in [0.5, 0.6) is 0 Å². The molecule has 1 aromatic heterocycles. The second-order valence-electron chi connectivity index (χ2n) is 6.84. The van der Waals surface area contributed by atoms with Crippen LogP contribution in [-0.4, -0.2) is 21.6 Å². The van der Waals surface area contributed by atoms with Crippen molar-refractivity contribution in [2.45, 2.75) is 54.9 Å². The maximum absolute atomic E-state index is 5.59. The first-order chi connectivity index (χ1) is 9.11. The highest BCUT2D eigenvalue weighted by molar-refractivity contribution is 9.10. The average Bonchev–Trinajstić information content (AvgIpc) is 2.75. The molecule has 4 nitrogen and oxygen atoms in total. The first kappa shape index (κ1) is 12.3. The molecule has 19 heavy (non-hydrogen) atoms. The van der Waals surface area contributed by atoms with Gasteiger partial charge in [0.15, 0.2) is 5.82 Å². The predicted octanol–water partition coefficient (Wildman–Crippen LogP) is 3.20. The van der Waals surface area contributed by atoms with Crippen LogP contribution in [0.4, 0.5) is 0 Å². The number of hydrogen-bond acceptors (Lipinski definition) is 4. The topological polar surface area (TPSA) is 48.2 Å². The van der Waals surface area contributed by atoms with E-state index in [2.05, 4.69) is 26.1 Å². The van der Waals surface area contributed by atoms with Gasteiger partial charge in [-0.15, -0.1) is 0 Å². The van der Waals surface area contributed by atoms with Gasteiger partial charge in [0.1, 0.15) is 6.61 Å². The Labute approximate surface area is 121 Å². The van der Waals surface area contributed by atoms with Crippen LogP contribution >= 0.6 is 15.9 Å². The van der Waals surface area contributed by atoms with Crippen LogP contribution in [0.2, 0.25) is 0 Å². The van der Waals surface area contributed by atoms with Crippen molar-refractivity contribution in [2.75, 3.05) is 7.11 Å². The number of aromatic nitrogens is 2. The highest BCUT2D eigenvalue weighted by atomic mass is 79.9. The van der Waals surface area contributed by atoms with Gasteiger partial charge in [0.2, 0.25) is 5.89 Å². The van der Waals surface area contributed by atoms with Crippen molar-refractivity contribution >= 4 is 15.9 Å². The van der Waals surface area contributed by atoms with Gasteiger partial charge < -0.3 is 9.26 Å². The Hall–Kier alpha value is -0.420. The van der Waals surface area contributed by atoms with Crippen LogP contribution in [0.15, 0.2) is 4.52 Å². The van der Waals surface area contributed by atoms with Crippen molar-refractivity contribution in [3.8, 4) is 0 Å². The zero-order valence-corrected chi connectivity index (χ0v) is 12.8. The summed E-state index contributed by atoms with van der Waals surface area (Å²) in [4.78, 5) is 4.60. The fourth-order valence-electron chi connectivity index (χ4n) is 5.06. The molecule has 0 spiro atoms. The van der Waals surface area contributed by atoms with Gasteiger partial charge in [-0.05, 0) is 50.4 Å². The fourth-order valence-corrected chi connectivity index (χ4v) is 6.51. The second kappa shape index (κ2) is 4.04. The minimum Gasteiger partial charge on any atom is -0.377 e. The minimum absolute atomic E-state index is 0.132. The first-order valence-electron chi connectivity index (χ1n) is 7.12. The largest absolute Gasteiger partial charge is 0.377 e. The van der Waals surface area contributed by atoms with Crippen LogP contribution in [0.25, 0.3) is 0 Å². The lowest BCUT2D eigenvalue weighted by atomic mass is 9.49. The molecule has 104 valence electrons. The van der Waals surface area contributed by atoms with E-state index in [1.165, 1.54) is 32.1 Å². The van der Waals surface area contributed by atoms with Crippen LogP contribution < -0.4 is 0 Å². The maximum atomic E-state index is 5.59. The zero-order valence-electron chi connectivity index (χ0n) is 11.2. The summed E-state index contributed by atoms with van der Waals surface area (Å²) in [6.07, 6.45) is 7.65. The minimum atomic E-state index is 0.132. The van der Waals surface area contributed by atoms with Crippen molar-refractivity contribution in [3.63, 3.8) is 0 Å². The lowest BCUT2D eigenvalue weighted by Crippen LogP contribution is -2.55. The molecule has 2 unspecified atom stereocenters. The molecule has 0 saturated heterocycles. The van der Waals surface area contributed by atoms with Crippen molar-refractivity contribution in [3.05, 3.63) is 11.7 Å². The van der Waals surface area contributed by atoms with Crippen molar-refractivity contribution in [2.24, 2.45) is 11.8 Å². The monoisotopic (exact) mass is 326 g/mol. The van der Waals surface area contributed by atoms with Crippen molar-refractivity contribution in [1.29, 1.82) is 0 Å². The third kappa shape index (κ3) is 1.88. The summed E-state index contributed by atoms with van der Waals surface area (Å²) in [5.74, 6) is 3.20. The summed E-state index contributed by atoms with van der Waals surface area (Å²) in [7, 11) is 1.66. The molecule has 1 heterocycles. The third-order valence-electron chi connectivity index (χ3n) is 5.18. The molecule has 4 saturated carbocycles. The van der Waals surface area contributed by atoms with E-state index in [4.69, 9.17) is 9.26 Å². The van der Waals surface area contributed by atoms with E-state index in [1.807, 2.05) is 0 Å². The van der Waals surface area contributed by atoms with E-state index in [1.54, 1.807) is 7.11 Å². The maximum Gasteiger partial charge on any atom is 0.233 e. The standard InChI is InChI=1S/C14H19BrN2O2/c1-18-7-11-16-12(19-17-11)13-3-9-2-10(4-13)6-14(15,5-9)8-13/h9-10H,2-8H2,1H3. The number of hydrogen-bond donors (Lipinski definition) is 0. The van der Waals surface area contributed by atoms with Crippen molar-refractivity contribution in [1.82, 2.24) is 10.1 Å². The van der Waals surface area contributed by atoms with Crippen molar-refractivity contribution < 1.29 is 9.26 Å². The molecule has 5 rings (SSSR count). The number of ether oxygens (including phenoxy) is 1. The molecule has 2 atom stereocenters. The van der Waals surface area contributed by atoms with E-state index < -0.39 is 0 Å². The van der Waals surface area contributed by atoms with Crippen LogP contribution in [0, 0.1) is 11.8 Å². The Morgan fingerprint density at radius 2 is 2.05 bits per heavy atom. The van der Waals surface area contributed by atoms with Crippen LogP contribution in [0.3, 0.4) is 0 Å². The normalized spacial score (nSPS) is 43.9. The lowest BCUT2D eigenvalue weighted by Gasteiger charge is -2.58. The number of rotatable bonds is 3. The summed E-state index contributed by atoms with van der Waals surface area (Å²) in [5, 5.41) is 4.06. The highest BCUT2D eigenvalue weighted by Crippen LogP contribution is 2.64. The molecular weight excluding hydrogens is 308 g/mol. The lowest BCUT2D eigenvalue weighted by molar-refractivity contribution is -0.00155. The van der Waals surface area contributed by atoms with Gasteiger partial charge in [0.25, 0.3) is 0 Å². The molecule has 0 amide bonds. The van der Waals surface area contributed by atoms with Gasteiger partial charge in [0.05, 0.1) is 5.41 Å². The molecule has 4 fully saturated rings.